The van der Waals surface area contributed by atoms with Crippen LogP contribution in [0.1, 0.15) is 0 Å². The van der Waals surface area contributed by atoms with E-state index in [1.807, 2.05) is 18.2 Å². The van der Waals surface area contributed by atoms with Gasteiger partial charge in [-0.05, 0) is 41.5 Å². The molecule has 0 amide bonds. The molecule has 0 radical (unpaired) electrons. The van der Waals surface area contributed by atoms with Gasteiger partial charge in [-0.1, -0.05) is 46.3 Å². The molecule has 0 aliphatic carbocycles. The smallest absolute Gasteiger partial charge is 0.138 e. The van der Waals surface area contributed by atoms with E-state index in [0.717, 1.165) is 21.2 Å². The van der Waals surface area contributed by atoms with E-state index in [1.165, 1.54) is 11.1 Å². The second kappa shape index (κ2) is 4.46. The van der Waals surface area contributed by atoms with Crippen molar-refractivity contribution in [2.75, 3.05) is 0 Å². The summed E-state index contributed by atoms with van der Waals surface area (Å²) in [7, 11) is 0. The van der Waals surface area contributed by atoms with Gasteiger partial charge in [0.25, 0.3) is 0 Å². The highest BCUT2D eigenvalue weighted by molar-refractivity contribution is 9.10. The van der Waals surface area contributed by atoms with Crippen LogP contribution in [0.15, 0.2) is 71.3 Å². The van der Waals surface area contributed by atoms with Gasteiger partial charge in [-0.3, -0.25) is 4.40 Å². The summed E-state index contributed by atoms with van der Waals surface area (Å²) in [6, 6.07) is 20.8. The summed E-state index contributed by atoms with van der Waals surface area (Å²) < 4.78 is 3.17. The highest BCUT2D eigenvalue weighted by Gasteiger charge is 2.06. The Balaban J connectivity index is 1.98. The number of halogens is 1. The van der Waals surface area contributed by atoms with E-state index in [2.05, 4.69) is 69.0 Å². The molecule has 2 aromatic carbocycles. The first kappa shape index (κ1) is 11.7. The van der Waals surface area contributed by atoms with Gasteiger partial charge < -0.3 is 0 Å². The van der Waals surface area contributed by atoms with E-state index in [1.54, 1.807) is 0 Å². The maximum atomic E-state index is 4.70. The van der Waals surface area contributed by atoms with Gasteiger partial charge in [-0.25, -0.2) is 4.98 Å². The van der Waals surface area contributed by atoms with Crippen molar-refractivity contribution in [1.82, 2.24) is 9.38 Å². The lowest BCUT2D eigenvalue weighted by molar-refractivity contribution is 1.23. The van der Waals surface area contributed by atoms with Crippen molar-refractivity contribution < 1.29 is 0 Å². The van der Waals surface area contributed by atoms with Crippen LogP contribution in [-0.2, 0) is 0 Å². The lowest BCUT2D eigenvalue weighted by Gasteiger charge is -2.02. The Bertz CT molecular complexity index is 910. The zero-order chi connectivity index (χ0) is 13.5. The topological polar surface area (TPSA) is 17.3 Å². The third kappa shape index (κ3) is 1.82. The van der Waals surface area contributed by atoms with Crippen molar-refractivity contribution in [2.45, 2.75) is 0 Å². The van der Waals surface area contributed by atoms with Crippen molar-refractivity contribution in [1.29, 1.82) is 0 Å². The summed E-state index contributed by atoms with van der Waals surface area (Å²) in [5, 5.41) is 0. The van der Waals surface area contributed by atoms with Crippen LogP contribution in [0.5, 0.6) is 0 Å². The molecule has 0 spiro atoms. The van der Waals surface area contributed by atoms with Crippen LogP contribution in [0.25, 0.3) is 27.8 Å². The van der Waals surface area contributed by atoms with Crippen molar-refractivity contribution in [2.24, 2.45) is 0 Å². The number of hydrogen-bond donors (Lipinski definition) is 0. The Kier molecular flexibility index (Phi) is 2.60. The largest absolute Gasteiger partial charge is 0.300 e. The summed E-state index contributed by atoms with van der Waals surface area (Å²) in [5.74, 6) is 0. The fourth-order valence-electron chi connectivity index (χ4n) is 2.50. The Morgan fingerprint density at radius 2 is 1.70 bits per heavy atom. The molecule has 4 rings (SSSR count). The maximum absolute atomic E-state index is 4.70. The molecule has 0 atom stereocenters. The first-order valence-electron chi connectivity index (χ1n) is 6.44. The van der Waals surface area contributed by atoms with E-state index in [-0.39, 0.29) is 0 Å². The number of imidazole rings is 1. The molecule has 3 heteroatoms. The van der Waals surface area contributed by atoms with Gasteiger partial charge in [0.05, 0.1) is 11.0 Å². The summed E-state index contributed by atoms with van der Waals surface area (Å²) in [5.41, 5.74) is 5.50. The van der Waals surface area contributed by atoms with Crippen LogP contribution in [-0.4, -0.2) is 9.38 Å². The van der Waals surface area contributed by atoms with Crippen molar-refractivity contribution in [3.63, 3.8) is 0 Å². The third-order valence-electron chi connectivity index (χ3n) is 3.47. The fourth-order valence-corrected chi connectivity index (χ4v) is 2.85. The molecule has 0 saturated carbocycles. The molecular weight excluding hydrogens is 312 g/mol. The van der Waals surface area contributed by atoms with Crippen LogP contribution in [0.3, 0.4) is 0 Å². The minimum atomic E-state index is 0.972. The van der Waals surface area contributed by atoms with Gasteiger partial charge in [0.2, 0.25) is 0 Å². The molecule has 0 bridgehead atoms. The Morgan fingerprint density at radius 1 is 0.850 bits per heavy atom. The van der Waals surface area contributed by atoms with Crippen LogP contribution in [0.2, 0.25) is 0 Å². The van der Waals surface area contributed by atoms with Gasteiger partial charge in [-0.15, -0.1) is 0 Å². The number of pyridine rings is 1. The van der Waals surface area contributed by atoms with E-state index in [0.29, 0.717) is 0 Å². The maximum Gasteiger partial charge on any atom is 0.138 e. The predicted molar refractivity (Wildman–Crippen MR) is 85.8 cm³/mol. The monoisotopic (exact) mass is 322 g/mol. The first-order valence-corrected chi connectivity index (χ1v) is 7.23. The quantitative estimate of drug-likeness (QED) is 0.486. The van der Waals surface area contributed by atoms with Gasteiger partial charge in [0.1, 0.15) is 5.65 Å². The minimum absolute atomic E-state index is 0.972. The van der Waals surface area contributed by atoms with Gasteiger partial charge in [0, 0.05) is 10.7 Å². The Labute approximate surface area is 124 Å². The summed E-state index contributed by atoms with van der Waals surface area (Å²) in [6.45, 7) is 0. The highest BCUT2D eigenvalue weighted by Crippen LogP contribution is 2.25. The van der Waals surface area contributed by atoms with E-state index < -0.39 is 0 Å². The zero-order valence-corrected chi connectivity index (χ0v) is 12.2. The molecule has 4 aromatic rings. The van der Waals surface area contributed by atoms with Crippen molar-refractivity contribution in [3.8, 4) is 11.1 Å². The number of nitrogens with zero attached hydrogens (tertiary/aromatic N) is 2. The molecule has 0 aliphatic rings. The molecule has 0 aliphatic heterocycles. The number of rotatable bonds is 1. The van der Waals surface area contributed by atoms with Crippen LogP contribution < -0.4 is 0 Å². The molecule has 2 heterocycles. The van der Waals surface area contributed by atoms with Crippen molar-refractivity contribution in [3.05, 3.63) is 71.3 Å². The molecule has 0 N–H and O–H groups in total. The predicted octanol–water partition coefficient (Wildman–Crippen LogP) is 4.92. The van der Waals surface area contributed by atoms with E-state index in [9.17, 15) is 0 Å². The SMILES string of the molecule is Brc1ccc2c(c1)nc1cc(-c3ccccc3)ccn12. The van der Waals surface area contributed by atoms with E-state index >= 15 is 0 Å². The lowest BCUT2D eigenvalue weighted by atomic mass is 10.1. The average Bonchev–Trinajstić information content (AvgIpc) is 2.84. The number of benzene rings is 2. The molecule has 0 saturated heterocycles. The Morgan fingerprint density at radius 3 is 2.55 bits per heavy atom. The van der Waals surface area contributed by atoms with Gasteiger partial charge in [-0.2, -0.15) is 0 Å². The molecule has 0 fully saturated rings. The van der Waals surface area contributed by atoms with Crippen LogP contribution >= 0.6 is 15.9 Å². The number of aromatic nitrogens is 2. The number of fused-ring (bicyclic) bond motifs is 3. The summed E-state index contributed by atoms with van der Waals surface area (Å²) in [6.07, 6.45) is 2.08. The zero-order valence-electron chi connectivity index (χ0n) is 10.6. The van der Waals surface area contributed by atoms with E-state index in [4.69, 9.17) is 4.98 Å². The van der Waals surface area contributed by atoms with Crippen molar-refractivity contribution >= 4 is 32.6 Å². The number of hydrogen-bond acceptors (Lipinski definition) is 1. The normalized spacial score (nSPS) is 11.2. The molecule has 2 aromatic heterocycles. The Hall–Kier alpha value is -2.13. The lowest BCUT2D eigenvalue weighted by Crippen LogP contribution is -1.85. The molecule has 96 valence electrons. The molecular formula is C17H11BrN2. The molecule has 0 unspecified atom stereocenters. The van der Waals surface area contributed by atoms with Gasteiger partial charge in [0.15, 0.2) is 0 Å². The summed E-state index contributed by atoms with van der Waals surface area (Å²) in [4.78, 5) is 4.70. The first-order chi connectivity index (χ1) is 9.81. The standard InChI is InChI=1S/C17H11BrN2/c18-14-6-7-16-15(11-14)19-17-10-13(8-9-20(16)17)12-4-2-1-3-5-12/h1-11H. The fraction of sp³-hybridized carbons (Fsp3) is 0. The van der Waals surface area contributed by atoms with Crippen LogP contribution in [0, 0.1) is 0 Å². The second-order valence-electron chi connectivity index (χ2n) is 4.75. The molecule has 2 nitrogen and oxygen atoms in total. The van der Waals surface area contributed by atoms with Gasteiger partial charge >= 0.3 is 0 Å². The van der Waals surface area contributed by atoms with Crippen LogP contribution in [0.4, 0.5) is 0 Å². The second-order valence-corrected chi connectivity index (χ2v) is 5.67. The molecule has 20 heavy (non-hydrogen) atoms. The highest BCUT2D eigenvalue weighted by atomic mass is 79.9. The summed E-state index contributed by atoms with van der Waals surface area (Å²) >= 11 is 3.49. The third-order valence-corrected chi connectivity index (χ3v) is 3.97. The average molecular weight is 323 g/mol. The minimum Gasteiger partial charge on any atom is -0.300 e.